The number of anilines is 1. The first kappa shape index (κ1) is 13.3. The van der Waals surface area contributed by atoms with Crippen LogP contribution in [0.4, 0.5) is 6.01 Å². The molecule has 6 nitrogen and oxygen atoms in total. The molecule has 0 aliphatic carbocycles. The van der Waals surface area contributed by atoms with Crippen LogP contribution in [0.25, 0.3) is 0 Å². The van der Waals surface area contributed by atoms with Gasteiger partial charge >= 0.3 is 6.01 Å². The molecule has 0 saturated carbocycles. The Hall–Kier alpha value is -0.668. The Bertz CT molecular complexity index is 280. The predicted octanol–water partition coefficient (Wildman–Crippen LogP) is -0.237. The Labute approximate surface area is 97.2 Å². The maximum absolute atomic E-state index is 4.95. The number of aromatic nitrogens is 3. The van der Waals surface area contributed by atoms with Gasteiger partial charge in [-0.2, -0.15) is 0 Å². The third-order valence-corrected chi connectivity index (χ3v) is 1.22. The second kappa shape index (κ2) is 4.71. The van der Waals surface area contributed by atoms with E-state index in [1.807, 2.05) is 34.9 Å². The van der Waals surface area contributed by atoms with Crippen LogP contribution in [0.2, 0.25) is 0 Å². The minimum Gasteiger partial charge on any atom is -0.328 e. The van der Waals surface area contributed by atoms with Crippen molar-refractivity contribution in [3.05, 3.63) is 0 Å². The van der Waals surface area contributed by atoms with E-state index in [9.17, 15) is 0 Å². The molecule has 0 atom stereocenters. The zero-order valence-electron chi connectivity index (χ0n) is 9.08. The maximum atomic E-state index is 4.95. The molecule has 0 aliphatic rings. The summed E-state index contributed by atoms with van der Waals surface area (Å²) in [6.45, 7) is 6.07. The van der Waals surface area contributed by atoms with Crippen molar-refractivity contribution in [3.8, 4) is 0 Å². The average Bonchev–Trinajstić information content (AvgIpc) is 2.31. The Kier molecular flexibility index (Phi) is 4.49. The van der Waals surface area contributed by atoms with Crippen molar-refractivity contribution >= 4 is 6.01 Å². The Morgan fingerprint density at radius 3 is 2.29 bits per heavy atom. The van der Waals surface area contributed by atoms with Crippen molar-refractivity contribution in [3.63, 3.8) is 0 Å². The normalized spacial score (nSPS) is 10.6. The second-order valence-electron chi connectivity index (χ2n) is 4.07. The molecule has 7 heteroatoms. The van der Waals surface area contributed by atoms with Gasteiger partial charge in [-0.25, -0.2) is 0 Å². The average molecular weight is 372 g/mol. The first-order valence-electron chi connectivity index (χ1n) is 4.10. The fraction of sp³-hybridized carbons (Fsp3) is 0.857. The zero-order chi connectivity index (χ0) is 10.1. The first-order valence-corrected chi connectivity index (χ1v) is 4.10. The number of hydrogen-bond donors (Lipinski definition) is 1. The Balaban J connectivity index is 0.00000169. The van der Waals surface area contributed by atoms with Crippen molar-refractivity contribution in [1.29, 1.82) is 0 Å². The van der Waals surface area contributed by atoms with E-state index in [-0.39, 0.29) is 26.0 Å². The summed E-state index contributed by atoms with van der Waals surface area (Å²) in [5, 5.41) is 12.5. The van der Waals surface area contributed by atoms with Gasteiger partial charge in [0.05, 0.1) is 14.1 Å². The van der Waals surface area contributed by atoms with Crippen molar-refractivity contribution in [2.24, 2.45) is 0 Å². The summed E-state index contributed by atoms with van der Waals surface area (Å²) in [5.74, 6) is 0. The van der Waals surface area contributed by atoms with Crippen LogP contribution >= 0.6 is 0 Å². The van der Waals surface area contributed by atoms with Gasteiger partial charge < -0.3 is 5.32 Å². The molecule has 81 valence electrons. The van der Waals surface area contributed by atoms with E-state index in [1.165, 1.54) is 4.91 Å². The SMILES string of the molecule is CN(C)[n+]1noc(NC(C)(C)C)n1.[Re]. The summed E-state index contributed by atoms with van der Waals surface area (Å²) in [7, 11) is 3.66. The molecule has 1 aromatic heterocycles. The maximum Gasteiger partial charge on any atom is 0.392 e. The largest absolute Gasteiger partial charge is 0.392 e. The molecule has 0 spiro atoms. The topological polar surface area (TPSA) is 58.1 Å². The summed E-state index contributed by atoms with van der Waals surface area (Å²) in [6, 6.07) is 0.418. The summed E-state index contributed by atoms with van der Waals surface area (Å²) in [5.41, 5.74) is -0.0727. The minimum atomic E-state index is -0.0727. The van der Waals surface area contributed by atoms with E-state index >= 15 is 0 Å². The minimum absolute atomic E-state index is 0. The van der Waals surface area contributed by atoms with Crippen LogP contribution in [0, 0.1) is 0 Å². The molecule has 0 saturated heterocycles. The van der Waals surface area contributed by atoms with Crippen LogP contribution in [0.5, 0.6) is 0 Å². The second-order valence-corrected chi connectivity index (χ2v) is 4.07. The van der Waals surface area contributed by atoms with E-state index in [0.717, 1.165) is 0 Å². The van der Waals surface area contributed by atoms with Crippen molar-refractivity contribution in [2.45, 2.75) is 26.3 Å². The van der Waals surface area contributed by atoms with Gasteiger partial charge in [0, 0.05) is 26.0 Å². The van der Waals surface area contributed by atoms with Crippen molar-refractivity contribution in [1.82, 2.24) is 10.4 Å². The third kappa shape index (κ3) is 4.03. The number of hydrogen-bond acceptors (Lipinski definition) is 5. The molecule has 14 heavy (non-hydrogen) atoms. The smallest absolute Gasteiger partial charge is 0.328 e. The van der Waals surface area contributed by atoms with Crippen LogP contribution in [-0.2, 0) is 20.4 Å². The summed E-state index contributed by atoms with van der Waals surface area (Å²) in [6.07, 6.45) is 0. The van der Waals surface area contributed by atoms with Crippen LogP contribution in [-0.4, -0.2) is 30.0 Å². The quantitative estimate of drug-likeness (QED) is 0.727. The molecule has 1 rings (SSSR count). The van der Waals surface area contributed by atoms with Crippen LogP contribution in [0.15, 0.2) is 4.52 Å². The van der Waals surface area contributed by atoms with Crippen molar-refractivity contribution < 1.29 is 29.9 Å². The van der Waals surface area contributed by atoms with Gasteiger partial charge in [-0.1, -0.05) is 0 Å². The number of nitrogens with zero attached hydrogens (tertiary/aromatic N) is 4. The van der Waals surface area contributed by atoms with Gasteiger partial charge in [0.15, 0.2) is 4.91 Å². The van der Waals surface area contributed by atoms with Gasteiger partial charge in [0.25, 0.3) is 5.27 Å². The van der Waals surface area contributed by atoms with Crippen LogP contribution in [0.3, 0.4) is 0 Å². The van der Waals surface area contributed by atoms with E-state index in [1.54, 1.807) is 5.01 Å². The van der Waals surface area contributed by atoms with Gasteiger partial charge in [0.2, 0.25) is 0 Å². The molecule has 1 radical (unpaired) electrons. The standard InChI is InChI=1S/C7H16N5O.Re/c1-7(2,3)8-6-9-12(10-13-6)11(4)5;/h1-5H3,(H,8,9,10);/q+1;. The van der Waals surface area contributed by atoms with Gasteiger partial charge in [0.1, 0.15) is 5.10 Å². The molecule has 0 aromatic carbocycles. The summed E-state index contributed by atoms with van der Waals surface area (Å²) >= 11 is 0. The van der Waals surface area contributed by atoms with E-state index < -0.39 is 0 Å². The van der Waals surface area contributed by atoms with E-state index in [4.69, 9.17) is 4.52 Å². The predicted molar refractivity (Wildman–Crippen MR) is 47.9 cm³/mol. The summed E-state index contributed by atoms with van der Waals surface area (Å²) < 4.78 is 4.95. The summed E-state index contributed by atoms with van der Waals surface area (Å²) in [4.78, 5) is 1.37. The monoisotopic (exact) mass is 373 g/mol. The molecule has 1 aromatic rings. The first-order chi connectivity index (χ1) is 5.88. The zero-order valence-corrected chi connectivity index (χ0v) is 11.8. The van der Waals surface area contributed by atoms with Crippen LogP contribution in [0.1, 0.15) is 20.8 Å². The molecular weight excluding hydrogens is 356 g/mol. The molecule has 1 heterocycles. The molecule has 0 unspecified atom stereocenters. The van der Waals surface area contributed by atoms with E-state index in [0.29, 0.717) is 6.01 Å². The molecule has 0 bridgehead atoms. The number of rotatable bonds is 2. The molecule has 1 N–H and O–H groups in total. The molecule has 0 amide bonds. The van der Waals surface area contributed by atoms with Crippen LogP contribution < -0.4 is 15.2 Å². The van der Waals surface area contributed by atoms with Gasteiger partial charge in [-0.3, -0.25) is 4.52 Å². The third-order valence-electron chi connectivity index (χ3n) is 1.22. The Morgan fingerprint density at radius 2 is 1.93 bits per heavy atom. The molecule has 0 aliphatic heterocycles. The fourth-order valence-corrected chi connectivity index (χ4v) is 0.724. The fourth-order valence-electron chi connectivity index (χ4n) is 0.724. The van der Waals surface area contributed by atoms with Gasteiger partial charge in [-0.15, -0.1) is 5.01 Å². The number of nitrogens with one attached hydrogen (secondary N) is 1. The van der Waals surface area contributed by atoms with Crippen molar-refractivity contribution in [2.75, 3.05) is 24.4 Å². The molecular formula is C7H16N5ORe+. The van der Waals surface area contributed by atoms with Gasteiger partial charge in [-0.05, 0) is 20.8 Å². The Morgan fingerprint density at radius 1 is 1.36 bits per heavy atom. The van der Waals surface area contributed by atoms with E-state index in [2.05, 4.69) is 15.7 Å². The molecule has 0 fully saturated rings.